The molecule has 0 unspecified atom stereocenters. The number of carbonyl (C=O) groups is 2. The lowest BCUT2D eigenvalue weighted by molar-refractivity contribution is -0.147. The maximum Gasteiger partial charge on any atom is 0.359 e. The first-order valence-electron chi connectivity index (χ1n) is 5.52. The lowest BCUT2D eigenvalue weighted by atomic mass is 10.2. The number of carbonyl (C=O) groups excluding carboxylic acids is 2. The molecule has 6 nitrogen and oxygen atoms in total. The number of hydrogen-bond donors (Lipinski definition) is 1. The highest BCUT2D eigenvalue weighted by Crippen LogP contribution is 2.34. The Morgan fingerprint density at radius 3 is 2.60 bits per heavy atom. The summed E-state index contributed by atoms with van der Waals surface area (Å²) in [7, 11) is 0. The van der Waals surface area contributed by atoms with E-state index in [9.17, 15) is 9.59 Å². The monoisotopic (exact) mass is 338 g/mol. The fraction of sp³-hybridized carbons (Fsp3) is 0.364. The Balaban J connectivity index is 2.24. The summed E-state index contributed by atoms with van der Waals surface area (Å²) in [5.41, 5.74) is 5.21. The van der Waals surface area contributed by atoms with Crippen molar-refractivity contribution in [1.29, 1.82) is 0 Å². The summed E-state index contributed by atoms with van der Waals surface area (Å²) in [4.78, 5) is 27.1. The molecular formula is C11H9Cl3N2O4. The molecule has 2 heterocycles. The summed E-state index contributed by atoms with van der Waals surface area (Å²) in [6.07, 6.45) is -1.05. The Bertz CT molecular complexity index is 594. The van der Waals surface area contributed by atoms with Gasteiger partial charge in [0.25, 0.3) is 0 Å². The zero-order valence-electron chi connectivity index (χ0n) is 10.2. The van der Waals surface area contributed by atoms with Crippen molar-refractivity contribution in [2.75, 3.05) is 5.73 Å². The van der Waals surface area contributed by atoms with Crippen molar-refractivity contribution in [3.05, 3.63) is 20.9 Å². The first kappa shape index (κ1) is 15.2. The number of nitrogens with two attached hydrogens (primary N) is 1. The molecule has 1 aliphatic heterocycles. The minimum absolute atomic E-state index is 0.0536. The molecule has 20 heavy (non-hydrogen) atoms. The maximum atomic E-state index is 12.0. The van der Waals surface area contributed by atoms with Crippen molar-refractivity contribution >= 4 is 52.4 Å². The molecule has 0 aromatic carbocycles. The number of anilines is 1. The Kier molecular flexibility index (Phi) is 4.27. The molecule has 2 atom stereocenters. The number of hydrogen-bond acceptors (Lipinski definition) is 6. The van der Waals surface area contributed by atoms with Gasteiger partial charge in [-0.1, -0.05) is 34.8 Å². The number of esters is 2. The molecular weight excluding hydrogens is 330 g/mol. The summed E-state index contributed by atoms with van der Waals surface area (Å²) in [5, 5.41) is -0.409. The quantitative estimate of drug-likeness (QED) is 0.657. The Morgan fingerprint density at radius 2 is 2.05 bits per heavy atom. The number of aromatic nitrogens is 1. The number of halogens is 3. The van der Waals surface area contributed by atoms with Gasteiger partial charge in [-0.25, -0.2) is 14.6 Å². The number of cyclic esters (lactones) is 1. The van der Waals surface area contributed by atoms with Gasteiger partial charge in [0.2, 0.25) is 6.10 Å². The van der Waals surface area contributed by atoms with Crippen molar-refractivity contribution in [2.45, 2.75) is 25.6 Å². The van der Waals surface area contributed by atoms with Gasteiger partial charge in [0.05, 0.1) is 10.7 Å². The molecule has 1 aliphatic rings. The van der Waals surface area contributed by atoms with E-state index in [1.54, 1.807) is 6.92 Å². The van der Waals surface area contributed by atoms with Crippen LogP contribution in [0.4, 0.5) is 5.69 Å². The predicted octanol–water partition coefficient (Wildman–Crippen LogP) is 2.48. The molecule has 0 amide bonds. The maximum absolute atomic E-state index is 12.0. The molecule has 1 aromatic heterocycles. The standard InChI is InChI=1S/C11H9Cl3N2O4/c1-3-2-4(10(17)19-3)20-11(18)8-5(12)7(15)6(13)9(14)16-8/h3-4H,2H2,1H3,(H2,15,16)/t3-,4-/m0/s1. The molecule has 9 heteroatoms. The topological polar surface area (TPSA) is 91.5 Å². The molecule has 0 saturated carbocycles. The van der Waals surface area contributed by atoms with Gasteiger partial charge < -0.3 is 15.2 Å². The van der Waals surface area contributed by atoms with Crippen LogP contribution in [0, 0.1) is 0 Å². The third kappa shape index (κ3) is 2.77. The highest BCUT2D eigenvalue weighted by Gasteiger charge is 2.36. The van der Waals surface area contributed by atoms with Crippen molar-refractivity contribution in [3.8, 4) is 0 Å². The molecule has 2 N–H and O–H groups in total. The second-order valence-electron chi connectivity index (χ2n) is 4.17. The largest absolute Gasteiger partial charge is 0.460 e. The number of rotatable bonds is 2. The first-order valence-corrected chi connectivity index (χ1v) is 6.66. The summed E-state index contributed by atoms with van der Waals surface area (Å²) in [6.45, 7) is 1.69. The van der Waals surface area contributed by atoms with Crippen LogP contribution in [0.3, 0.4) is 0 Å². The summed E-state index contributed by atoms with van der Waals surface area (Å²) in [6, 6.07) is 0. The van der Waals surface area contributed by atoms with Crippen LogP contribution in [0.25, 0.3) is 0 Å². The van der Waals surface area contributed by atoms with Gasteiger partial charge in [-0.3, -0.25) is 0 Å². The van der Waals surface area contributed by atoms with Crippen LogP contribution >= 0.6 is 34.8 Å². The fourth-order valence-electron chi connectivity index (χ4n) is 1.67. The van der Waals surface area contributed by atoms with Crippen LogP contribution < -0.4 is 5.73 Å². The summed E-state index contributed by atoms with van der Waals surface area (Å²) in [5.74, 6) is -1.54. The van der Waals surface area contributed by atoms with E-state index in [1.165, 1.54) is 0 Å². The minimum Gasteiger partial charge on any atom is -0.460 e. The zero-order chi connectivity index (χ0) is 15.0. The van der Waals surface area contributed by atoms with E-state index in [-0.39, 0.29) is 39.1 Å². The summed E-state index contributed by atoms with van der Waals surface area (Å²) >= 11 is 17.3. The van der Waals surface area contributed by atoms with Crippen molar-refractivity contribution in [2.24, 2.45) is 0 Å². The van der Waals surface area contributed by atoms with Crippen molar-refractivity contribution in [3.63, 3.8) is 0 Å². The lowest BCUT2D eigenvalue weighted by Crippen LogP contribution is -2.23. The van der Waals surface area contributed by atoms with Crippen LogP contribution in [0.15, 0.2) is 0 Å². The van der Waals surface area contributed by atoms with Crippen molar-refractivity contribution in [1.82, 2.24) is 4.98 Å². The molecule has 0 spiro atoms. The molecule has 2 rings (SSSR count). The normalized spacial score (nSPS) is 21.7. The zero-order valence-corrected chi connectivity index (χ0v) is 12.4. The van der Waals surface area contributed by atoms with Crippen LogP contribution in [-0.4, -0.2) is 29.1 Å². The second kappa shape index (κ2) is 5.63. The third-order valence-corrected chi connectivity index (χ3v) is 3.78. The van der Waals surface area contributed by atoms with Gasteiger partial charge in [-0.05, 0) is 6.92 Å². The van der Waals surface area contributed by atoms with Gasteiger partial charge in [0.15, 0.2) is 10.8 Å². The highest BCUT2D eigenvalue weighted by molar-refractivity contribution is 6.46. The van der Waals surface area contributed by atoms with Gasteiger partial charge in [0, 0.05) is 6.42 Å². The van der Waals surface area contributed by atoms with E-state index in [4.69, 9.17) is 50.0 Å². The van der Waals surface area contributed by atoms with E-state index in [0.29, 0.717) is 0 Å². The van der Waals surface area contributed by atoms with Gasteiger partial charge in [0.1, 0.15) is 11.1 Å². The van der Waals surface area contributed by atoms with E-state index in [0.717, 1.165) is 0 Å². The Hall–Kier alpha value is -1.24. The Morgan fingerprint density at radius 1 is 1.40 bits per heavy atom. The lowest BCUT2D eigenvalue weighted by Gasteiger charge is -2.11. The predicted molar refractivity (Wildman–Crippen MR) is 73.1 cm³/mol. The second-order valence-corrected chi connectivity index (χ2v) is 5.28. The van der Waals surface area contributed by atoms with E-state index in [1.807, 2.05) is 0 Å². The first-order chi connectivity index (χ1) is 9.31. The minimum atomic E-state index is -0.994. The molecule has 1 fully saturated rings. The number of ether oxygens (including phenoxy) is 2. The van der Waals surface area contributed by atoms with Gasteiger partial charge in [-0.15, -0.1) is 0 Å². The van der Waals surface area contributed by atoms with E-state index < -0.39 is 18.0 Å². The van der Waals surface area contributed by atoms with E-state index >= 15 is 0 Å². The van der Waals surface area contributed by atoms with Crippen LogP contribution in [0.5, 0.6) is 0 Å². The smallest absolute Gasteiger partial charge is 0.359 e. The number of nitrogen functional groups attached to an aromatic ring is 1. The number of pyridine rings is 1. The molecule has 1 saturated heterocycles. The average molecular weight is 340 g/mol. The number of nitrogens with zero attached hydrogens (tertiary/aromatic N) is 1. The summed E-state index contributed by atoms with van der Waals surface area (Å²) < 4.78 is 9.86. The average Bonchev–Trinajstić information content (AvgIpc) is 2.69. The van der Waals surface area contributed by atoms with Crippen LogP contribution in [0.2, 0.25) is 15.2 Å². The SMILES string of the molecule is C[C@H]1C[C@H](OC(=O)c2nc(Cl)c(Cl)c(N)c2Cl)C(=O)O1. The van der Waals surface area contributed by atoms with Crippen molar-refractivity contribution < 1.29 is 19.1 Å². The molecule has 108 valence electrons. The Labute approximate surface area is 129 Å². The molecule has 0 radical (unpaired) electrons. The fourth-order valence-corrected chi connectivity index (χ4v) is 2.25. The molecule has 1 aromatic rings. The third-order valence-electron chi connectivity index (χ3n) is 2.64. The highest BCUT2D eigenvalue weighted by atomic mass is 35.5. The molecule has 0 aliphatic carbocycles. The van der Waals surface area contributed by atoms with Gasteiger partial charge in [-0.2, -0.15) is 0 Å². The van der Waals surface area contributed by atoms with Crippen LogP contribution in [0.1, 0.15) is 23.8 Å². The van der Waals surface area contributed by atoms with E-state index in [2.05, 4.69) is 4.98 Å². The van der Waals surface area contributed by atoms with Gasteiger partial charge >= 0.3 is 11.9 Å². The van der Waals surface area contributed by atoms with Crippen LogP contribution in [-0.2, 0) is 14.3 Å². The molecule has 0 bridgehead atoms.